The van der Waals surface area contributed by atoms with Crippen molar-refractivity contribution in [3.05, 3.63) is 22.7 Å². The molecule has 0 aromatic heterocycles. The van der Waals surface area contributed by atoms with Crippen molar-refractivity contribution in [2.24, 2.45) is 0 Å². The summed E-state index contributed by atoms with van der Waals surface area (Å²) in [4.78, 5) is 0. The van der Waals surface area contributed by atoms with E-state index in [1.54, 1.807) is 14.2 Å². The average molecular weight is 314 g/mol. The van der Waals surface area contributed by atoms with Crippen molar-refractivity contribution in [3.8, 4) is 11.5 Å². The molecular formula is C16H24ClNO3. The molecule has 2 atom stereocenters. The van der Waals surface area contributed by atoms with Gasteiger partial charge in [0.2, 0.25) is 0 Å². The summed E-state index contributed by atoms with van der Waals surface area (Å²) >= 11 is 6.37. The van der Waals surface area contributed by atoms with E-state index in [2.05, 4.69) is 5.32 Å². The Morgan fingerprint density at radius 2 is 2.00 bits per heavy atom. The first-order valence-corrected chi connectivity index (χ1v) is 7.76. The molecule has 2 rings (SSSR count). The smallest absolute Gasteiger partial charge is 0.180 e. The SMILES string of the molecule is CNCc1cc(Cl)c(OC2CCCC(OC)C2)c(OC)c1. The summed E-state index contributed by atoms with van der Waals surface area (Å²) in [5.41, 5.74) is 1.07. The third-order valence-corrected chi connectivity index (χ3v) is 4.15. The molecule has 1 aromatic carbocycles. The number of nitrogens with one attached hydrogen (secondary N) is 1. The fourth-order valence-electron chi connectivity index (χ4n) is 2.78. The quantitative estimate of drug-likeness (QED) is 0.873. The van der Waals surface area contributed by atoms with Gasteiger partial charge in [-0.2, -0.15) is 0 Å². The summed E-state index contributed by atoms with van der Waals surface area (Å²) < 4.78 is 17.0. The van der Waals surface area contributed by atoms with Crippen LogP contribution in [0.3, 0.4) is 0 Å². The van der Waals surface area contributed by atoms with E-state index in [1.165, 1.54) is 0 Å². The van der Waals surface area contributed by atoms with Crippen molar-refractivity contribution in [2.45, 2.75) is 44.4 Å². The highest BCUT2D eigenvalue weighted by molar-refractivity contribution is 6.32. The molecule has 0 amide bonds. The van der Waals surface area contributed by atoms with Gasteiger partial charge >= 0.3 is 0 Å². The lowest BCUT2D eigenvalue weighted by Gasteiger charge is -2.29. The van der Waals surface area contributed by atoms with Crippen LogP contribution in [0.5, 0.6) is 11.5 Å². The lowest BCUT2D eigenvalue weighted by Crippen LogP contribution is -2.29. The summed E-state index contributed by atoms with van der Waals surface area (Å²) in [5, 5.41) is 3.70. The summed E-state index contributed by atoms with van der Waals surface area (Å²) in [6.07, 6.45) is 4.54. The number of benzene rings is 1. The van der Waals surface area contributed by atoms with Gasteiger partial charge in [0.1, 0.15) is 6.10 Å². The Bertz CT molecular complexity index is 467. The van der Waals surface area contributed by atoms with Gasteiger partial charge in [0.15, 0.2) is 11.5 Å². The zero-order valence-electron chi connectivity index (χ0n) is 12.9. The zero-order valence-corrected chi connectivity index (χ0v) is 13.7. The van der Waals surface area contributed by atoms with Gasteiger partial charge in [-0.05, 0) is 44.0 Å². The van der Waals surface area contributed by atoms with Gasteiger partial charge in [-0.25, -0.2) is 0 Å². The van der Waals surface area contributed by atoms with Gasteiger partial charge in [-0.3, -0.25) is 0 Å². The minimum Gasteiger partial charge on any atom is -0.493 e. The van der Waals surface area contributed by atoms with Crippen molar-refractivity contribution < 1.29 is 14.2 Å². The highest BCUT2D eigenvalue weighted by Crippen LogP contribution is 2.38. The molecule has 0 spiro atoms. The first-order valence-electron chi connectivity index (χ1n) is 7.38. The van der Waals surface area contributed by atoms with E-state index in [9.17, 15) is 0 Å². The van der Waals surface area contributed by atoms with E-state index in [0.29, 0.717) is 16.5 Å². The molecular weight excluding hydrogens is 290 g/mol. The van der Waals surface area contributed by atoms with Crippen LogP contribution in [0.1, 0.15) is 31.2 Å². The van der Waals surface area contributed by atoms with Crippen molar-refractivity contribution in [1.82, 2.24) is 5.32 Å². The summed E-state index contributed by atoms with van der Waals surface area (Å²) in [6.45, 7) is 0.742. The molecule has 21 heavy (non-hydrogen) atoms. The van der Waals surface area contributed by atoms with Crippen LogP contribution < -0.4 is 14.8 Å². The molecule has 118 valence electrons. The second-order valence-corrected chi connectivity index (χ2v) is 5.81. The molecule has 1 N–H and O–H groups in total. The summed E-state index contributed by atoms with van der Waals surface area (Å²) in [6, 6.07) is 3.89. The van der Waals surface area contributed by atoms with Gasteiger partial charge in [-0.1, -0.05) is 11.6 Å². The Balaban J connectivity index is 2.15. The van der Waals surface area contributed by atoms with Gasteiger partial charge in [-0.15, -0.1) is 0 Å². The minimum absolute atomic E-state index is 0.130. The molecule has 5 heteroatoms. The van der Waals surface area contributed by atoms with E-state index >= 15 is 0 Å². The van der Waals surface area contributed by atoms with Crippen LogP contribution in [0.25, 0.3) is 0 Å². The Labute approximate surface area is 131 Å². The lowest BCUT2D eigenvalue weighted by molar-refractivity contribution is 0.0202. The first-order chi connectivity index (χ1) is 10.2. The molecule has 1 aliphatic rings. The Morgan fingerprint density at radius 3 is 2.67 bits per heavy atom. The number of halogens is 1. The van der Waals surface area contributed by atoms with E-state index in [4.69, 9.17) is 25.8 Å². The van der Waals surface area contributed by atoms with Crippen LogP contribution in [0.4, 0.5) is 0 Å². The second-order valence-electron chi connectivity index (χ2n) is 5.40. The average Bonchev–Trinajstić information content (AvgIpc) is 2.50. The van der Waals surface area contributed by atoms with Gasteiger partial charge in [0.05, 0.1) is 18.2 Å². The normalized spacial score (nSPS) is 22.1. The van der Waals surface area contributed by atoms with Crippen LogP contribution in [-0.2, 0) is 11.3 Å². The fraction of sp³-hybridized carbons (Fsp3) is 0.625. The van der Waals surface area contributed by atoms with Crippen LogP contribution >= 0.6 is 11.6 Å². The van der Waals surface area contributed by atoms with Gasteiger partial charge in [0, 0.05) is 20.1 Å². The van der Waals surface area contributed by atoms with E-state index in [-0.39, 0.29) is 12.2 Å². The number of rotatable bonds is 6. The minimum atomic E-state index is 0.130. The standard InChI is InChI=1S/C16H24ClNO3/c1-18-10-11-7-14(17)16(15(8-11)20-3)21-13-6-4-5-12(9-13)19-2/h7-8,12-13,18H,4-6,9-10H2,1-3H3. The van der Waals surface area contributed by atoms with Gasteiger partial charge in [0.25, 0.3) is 0 Å². The van der Waals surface area contributed by atoms with E-state index in [0.717, 1.165) is 37.8 Å². The van der Waals surface area contributed by atoms with Crippen LogP contribution in [0.2, 0.25) is 5.02 Å². The molecule has 0 saturated heterocycles. The van der Waals surface area contributed by atoms with Crippen LogP contribution in [0, 0.1) is 0 Å². The molecule has 0 heterocycles. The number of methoxy groups -OCH3 is 2. The first kappa shape index (κ1) is 16.4. The van der Waals surface area contributed by atoms with Gasteiger partial charge < -0.3 is 19.5 Å². The number of ether oxygens (including phenoxy) is 3. The molecule has 4 nitrogen and oxygen atoms in total. The predicted octanol–water partition coefficient (Wildman–Crippen LogP) is 3.40. The molecule has 0 bridgehead atoms. The predicted molar refractivity (Wildman–Crippen MR) is 84.4 cm³/mol. The highest BCUT2D eigenvalue weighted by atomic mass is 35.5. The van der Waals surface area contributed by atoms with Crippen LogP contribution in [-0.4, -0.2) is 33.5 Å². The molecule has 1 saturated carbocycles. The second kappa shape index (κ2) is 7.87. The maximum absolute atomic E-state index is 6.37. The Kier molecular flexibility index (Phi) is 6.15. The molecule has 1 aliphatic carbocycles. The zero-order chi connectivity index (χ0) is 15.2. The third-order valence-electron chi connectivity index (χ3n) is 3.87. The topological polar surface area (TPSA) is 39.7 Å². The van der Waals surface area contributed by atoms with Crippen molar-refractivity contribution in [3.63, 3.8) is 0 Å². The highest BCUT2D eigenvalue weighted by Gasteiger charge is 2.25. The summed E-state index contributed by atoms with van der Waals surface area (Å²) in [7, 11) is 5.30. The monoisotopic (exact) mass is 313 g/mol. The molecule has 0 aliphatic heterocycles. The Morgan fingerprint density at radius 1 is 1.24 bits per heavy atom. The number of hydrogen-bond donors (Lipinski definition) is 1. The van der Waals surface area contributed by atoms with Crippen molar-refractivity contribution in [2.75, 3.05) is 21.3 Å². The molecule has 1 fully saturated rings. The Hall–Kier alpha value is -0.970. The van der Waals surface area contributed by atoms with Crippen molar-refractivity contribution in [1.29, 1.82) is 0 Å². The largest absolute Gasteiger partial charge is 0.493 e. The maximum atomic E-state index is 6.37. The van der Waals surface area contributed by atoms with E-state index < -0.39 is 0 Å². The molecule has 2 unspecified atom stereocenters. The maximum Gasteiger partial charge on any atom is 0.180 e. The number of hydrogen-bond acceptors (Lipinski definition) is 4. The fourth-order valence-corrected chi connectivity index (χ4v) is 3.06. The molecule has 1 aromatic rings. The summed E-state index contributed by atoms with van der Waals surface area (Å²) in [5.74, 6) is 1.33. The molecule has 0 radical (unpaired) electrons. The lowest BCUT2D eigenvalue weighted by atomic mass is 9.95. The van der Waals surface area contributed by atoms with Crippen molar-refractivity contribution >= 4 is 11.6 Å². The third kappa shape index (κ3) is 4.25. The van der Waals surface area contributed by atoms with E-state index in [1.807, 2.05) is 19.2 Å². The van der Waals surface area contributed by atoms with Crippen LogP contribution in [0.15, 0.2) is 12.1 Å².